The Kier molecular flexibility index (Phi) is 1.67. The van der Waals surface area contributed by atoms with E-state index in [0.29, 0.717) is 0 Å². The molecule has 1 rings (SSSR count). The Morgan fingerprint density at radius 1 is 1.82 bits per heavy atom. The van der Waals surface area contributed by atoms with Gasteiger partial charge in [-0.15, -0.1) is 0 Å². The number of Topliss-reactive ketones (excluding diaryl/α,β-unsaturated/α-hetero) is 1. The molecule has 0 saturated carbocycles. The van der Waals surface area contributed by atoms with Gasteiger partial charge in [0.25, 0.3) is 0 Å². The minimum Gasteiger partial charge on any atom is -0.356 e. The number of ketones is 1. The van der Waals surface area contributed by atoms with Gasteiger partial charge in [0.1, 0.15) is 0 Å². The van der Waals surface area contributed by atoms with Crippen molar-refractivity contribution in [2.24, 2.45) is 0 Å². The zero-order valence-corrected chi connectivity index (χ0v) is 5.60. The summed E-state index contributed by atoms with van der Waals surface area (Å²) in [5, 5.41) is 13.3. The first-order valence-corrected chi connectivity index (χ1v) is 2.72. The molecule has 0 aliphatic heterocycles. The van der Waals surface area contributed by atoms with Crippen LogP contribution in [0.25, 0.3) is 0 Å². The molecule has 0 radical (unpaired) electrons. The van der Waals surface area contributed by atoms with Gasteiger partial charge in [-0.05, 0) is 0 Å². The molecule has 0 aliphatic carbocycles. The van der Waals surface area contributed by atoms with Crippen LogP contribution in [-0.4, -0.2) is 15.9 Å². The zero-order chi connectivity index (χ0) is 8.43. The van der Waals surface area contributed by atoms with Crippen LogP contribution in [0.5, 0.6) is 0 Å². The summed E-state index contributed by atoms with van der Waals surface area (Å²) in [5.74, 6) is -0.481. The molecule has 6 nitrogen and oxygen atoms in total. The number of rotatable bonds is 2. The Morgan fingerprint density at radius 3 is 2.82 bits per heavy atom. The summed E-state index contributed by atoms with van der Waals surface area (Å²) in [6.07, 6.45) is 0.830. The predicted octanol–water partition coefficient (Wildman–Crippen LogP) is 0.785. The van der Waals surface area contributed by atoms with E-state index in [4.69, 9.17) is 0 Å². The fourth-order valence-electron chi connectivity index (χ4n) is 0.606. The van der Waals surface area contributed by atoms with Crippen LogP contribution in [0.2, 0.25) is 0 Å². The Morgan fingerprint density at radius 2 is 2.45 bits per heavy atom. The summed E-state index contributed by atoms with van der Waals surface area (Å²) in [6, 6.07) is 0. The number of hydrogen-bond acceptors (Lipinski definition) is 5. The molecular weight excluding hydrogens is 152 g/mol. The first-order valence-electron chi connectivity index (χ1n) is 2.72. The van der Waals surface area contributed by atoms with Crippen molar-refractivity contribution in [1.82, 2.24) is 5.16 Å². The van der Waals surface area contributed by atoms with Crippen molar-refractivity contribution in [3.63, 3.8) is 0 Å². The van der Waals surface area contributed by atoms with Crippen molar-refractivity contribution in [3.05, 3.63) is 22.1 Å². The molecule has 58 valence electrons. The third-order valence-corrected chi connectivity index (χ3v) is 1.08. The van der Waals surface area contributed by atoms with Crippen LogP contribution in [0.1, 0.15) is 17.4 Å². The maximum absolute atomic E-state index is 10.6. The predicted molar refractivity (Wildman–Crippen MR) is 33.2 cm³/mol. The van der Waals surface area contributed by atoms with Crippen molar-refractivity contribution in [1.29, 1.82) is 0 Å². The lowest BCUT2D eigenvalue weighted by molar-refractivity contribution is -0.385. The minimum atomic E-state index is -0.715. The number of carbonyl (C=O) groups excluding carboxylic acids is 1. The summed E-state index contributed by atoms with van der Waals surface area (Å²) in [7, 11) is 0. The maximum Gasteiger partial charge on any atom is 0.339 e. The Labute approximate surface area is 60.9 Å². The summed E-state index contributed by atoms with van der Waals surface area (Å²) < 4.78 is 4.26. The van der Waals surface area contributed by atoms with E-state index >= 15 is 0 Å². The topological polar surface area (TPSA) is 86.2 Å². The van der Waals surface area contributed by atoms with E-state index in [1.54, 1.807) is 0 Å². The third-order valence-electron chi connectivity index (χ3n) is 1.08. The van der Waals surface area contributed by atoms with Crippen LogP contribution >= 0.6 is 0 Å². The van der Waals surface area contributed by atoms with Crippen LogP contribution in [0.4, 0.5) is 5.69 Å². The summed E-state index contributed by atoms with van der Waals surface area (Å²) >= 11 is 0. The molecule has 0 aromatic carbocycles. The molecule has 0 spiro atoms. The van der Waals surface area contributed by atoms with Crippen molar-refractivity contribution >= 4 is 11.5 Å². The van der Waals surface area contributed by atoms with Crippen molar-refractivity contribution in [2.45, 2.75) is 6.92 Å². The normalized spacial score (nSPS) is 9.55. The van der Waals surface area contributed by atoms with Crippen molar-refractivity contribution < 1.29 is 14.2 Å². The van der Waals surface area contributed by atoms with Crippen LogP contribution in [0, 0.1) is 10.1 Å². The number of carbonyl (C=O) groups is 1. The molecule has 0 N–H and O–H groups in total. The Bertz CT molecular complexity index is 275. The van der Waals surface area contributed by atoms with Gasteiger partial charge < -0.3 is 4.52 Å². The van der Waals surface area contributed by atoms with E-state index in [1.165, 1.54) is 6.92 Å². The molecule has 0 bridgehead atoms. The van der Waals surface area contributed by atoms with Gasteiger partial charge in [0.15, 0.2) is 5.78 Å². The average molecular weight is 156 g/mol. The number of hydrogen-bond donors (Lipinski definition) is 0. The van der Waals surface area contributed by atoms with Gasteiger partial charge in [-0.1, -0.05) is 5.16 Å². The molecule has 1 aromatic heterocycles. The third kappa shape index (κ3) is 1.23. The van der Waals surface area contributed by atoms with Gasteiger partial charge >= 0.3 is 5.69 Å². The second kappa shape index (κ2) is 2.49. The zero-order valence-electron chi connectivity index (χ0n) is 5.60. The van der Waals surface area contributed by atoms with E-state index in [9.17, 15) is 14.9 Å². The van der Waals surface area contributed by atoms with E-state index in [1.807, 2.05) is 0 Å². The van der Waals surface area contributed by atoms with Crippen molar-refractivity contribution in [3.8, 4) is 0 Å². The second-order valence-electron chi connectivity index (χ2n) is 1.86. The van der Waals surface area contributed by atoms with E-state index < -0.39 is 16.4 Å². The molecule has 1 aromatic rings. The molecule has 6 heteroatoms. The molecule has 0 atom stereocenters. The molecule has 1 heterocycles. The highest BCUT2D eigenvalue weighted by Gasteiger charge is 2.21. The van der Waals surface area contributed by atoms with E-state index in [-0.39, 0.29) is 5.69 Å². The number of aromatic nitrogens is 1. The van der Waals surface area contributed by atoms with Gasteiger partial charge in [0.2, 0.25) is 12.0 Å². The monoisotopic (exact) mass is 156 g/mol. The van der Waals surface area contributed by atoms with E-state index in [0.717, 1.165) is 6.26 Å². The Hall–Kier alpha value is -1.72. The number of nitrogens with zero attached hydrogens (tertiary/aromatic N) is 2. The number of nitro groups is 1. The van der Waals surface area contributed by atoms with Gasteiger partial charge in [0.05, 0.1) is 4.92 Å². The smallest absolute Gasteiger partial charge is 0.339 e. The summed E-state index contributed by atoms with van der Waals surface area (Å²) in [4.78, 5) is 20.0. The van der Waals surface area contributed by atoms with Crippen LogP contribution in [-0.2, 0) is 0 Å². The molecule has 11 heavy (non-hydrogen) atoms. The molecule has 0 unspecified atom stereocenters. The second-order valence-corrected chi connectivity index (χ2v) is 1.86. The lowest BCUT2D eigenvalue weighted by atomic mass is 10.3. The molecule has 0 fully saturated rings. The quantitative estimate of drug-likeness (QED) is 0.358. The van der Waals surface area contributed by atoms with Crippen LogP contribution < -0.4 is 0 Å². The molecule has 0 saturated heterocycles. The van der Waals surface area contributed by atoms with E-state index in [2.05, 4.69) is 9.68 Å². The maximum atomic E-state index is 10.6. The van der Waals surface area contributed by atoms with Crippen molar-refractivity contribution in [2.75, 3.05) is 0 Å². The van der Waals surface area contributed by atoms with Gasteiger partial charge in [-0.2, -0.15) is 0 Å². The fraction of sp³-hybridized carbons (Fsp3) is 0.200. The molecule has 0 aliphatic rings. The largest absolute Gasteiger partial charge is 0.356 e. The van der Waals surface area contributed by atoms with Gasteiger partial charge in [-0.3, -0.25) is 14.9 Å². The minimum absolute atomic E-state index is 0.241. The molecule has 0 amide bonds. The molecular formula is C5H4N2O4. The Balaban J connectivity index is 3.16. The fourth-order valence-corrected chi connectivity index (χ4v) is 0.606. The summed E-state index contributed by atoms with van der Waals surface area (Å²) in [5.41, 5.74) is -0.632. The SMILES string of the molecule is CC(=O)c1nocc1[N+](=O)[O-]. The average Bonchev–Trinajstić information content (AvgIpc) is 2.32. The van der Waals surface area contributed by atoms with Crippen LogP contribution in [0.3, 0.4) is 0 Å². The highest BCUT2D eigenvalue weighted by Crippen LogP contribution is 2.15. The first kappa shape index (κ1) is 7.39. The summed E-state index contributed by atoms with van der Waals surface area (Å²) in [6.45, 7) is 1.19. The van der Waals surface area contributed by atoms with Crippen LogP contribution in [0.15, 0.2) is 10.8 Å². The lowest BCUT2D eigenvalue weighted by Gasteiger charge is -1.84. The van der Waals surface area contributed by atoms with Gasteiger partial charge in [-0.25, -0.2) is 0 Å². The lowest BCUT2D eigenvalue weighted by Crippen LogP contribution is -1.97. The highest BCUT2D eigenvalue weighted by molar-refractivity contribution is 5.95. The van der Waals surface area contributed by atoms with Gasteiger partial charge in [0, 0.05) is 6.92 Å². The highest BCUT2D eigenvalue weighted by atomic mass is 16.6. The first-order chi connectivity index (χ1) is 5.13. The standard InChI is InChI=1S/C5H4N2O4/c1-3(8)5-4(7(9)10)2-11-6-5/h2H,1H3.